The summed E-state index contributed by atoms with van der Waals surface area (Å²) in [7, 11) is -2.09. The van der Waals surface area contributed by atoms with E-state index in [-0.39, 0.29) is 9.79 Å². The highest BCUT2D eigenvalue weighted by Crippen LogP contribution is 2.28. The van der Waals surface area contributed by atoms with E-state index in [2.05, 4.69) is 15.9 Å². The van der Waals surface area contributed by atoms with Crippen molar-refractivity contribution in [2.24, 2.45) is 0 Å². The van der Waals surface area contributed by atoms with Crippen LogP contribution in [0.15, 0.2) is 56.7 Å². The van der Waals surface area contributed by atoms with Gasteiger partial charge in [-0.2, -0.15) is 0 Å². The molecule has 0 heterocycles. The first-order valence-corrected chi connectivity index (χ1v) is 7.94. The molecule has 0 radical (unpaired) electrons. The summed E-state index contributed by atoms with van der Waals surface area (Å²) in [5, 5.41) is 0.491. The lowest BCUT2D eigenvalue weighted by molar-refractivity contribution is 0.413. The van der Waals surface area contributed by atoms with E-state index in [9.17, 15) is 8.42 Å². The van der Waals surface area contributed by atoms with Crippen molar-refractivity contribution in [1.82, 2.24) is 0 Å². The van der Waals surface area contributed by atoms with Crippen molar-refractivity contribution in [3.05, 3.63) is 52.0 Å². The normalized spacial score (nSPS) is 11.3. The van der Waals surface area contributed by atoms with E-state index in [0.717, 1.165) is 0 Å². The molecule has 0 amide bonds. The molecule has 100 valence electrons. The molecule has 0 aliphatic heterocycles. The van der Waals surface area contributed by atoms with E-state index in [0.29, 0.717) is 15.2 Å². The molecule has 0 unspecified atom stereocenters. The zero-order chi connectivity index (χ0) is 14.0. The summed E-state index contributed by atoms with van der Waals surface area (Å²) in [6, 6.07) is 10.8. The molecule has 0 aliphatic rings. The Morgan fingerprint density at radius 2 is 1.68 bits per heavy atom. The SMILES string of the molecule is COc1cc(Br)cc(S(=O)(=O)c2ccc(Cl)cc2)c1. The molecular formula is C13H10BrClO3S. The number of hydrogen-bond donors (Lipinski definition) is 0. The number of methoxy groups -OCH3 is 1. The summed E-state index contributed by atoms with van der Waals surface area (Å²) < 4.78 is 30.6. The lowest BCUT2D eigenvalue weighted by Crippen LogP contribution is -2.02. The van der Waals surface area contributed by atoms with Crippen LogP contribution in [0.1, 0.15) is 0 Å². The maximum absolute atomic E-state index is 12.4. The summed E-state index contributed by atoms with van der Waals surface area (Å²) in [6.07, 6.45) is 0. The molecule has 0 N–H and O–H groups in total. The fourth-order valence-electron chi connectivity index (χ4n) is 1.56. The Morgan fingerprint density at radius 3 is 2.26 bits per heavy atom. The predicted octanol–water partition coefficient (Wildman–Crippen LogP) is 3.94. The van der Waals surface area contributed by atoms with E-state index < -0.39 is 9.84 Å². The van der Waals surface area contributed by atoms with Crippen LogP contribution in [0.25, 0.3) is 0 Å². The molecule has 0 saturated heterocycles. The number of rotatable bonds is 3. The summed E-state index contributed by atoms with van der Waals surface area (Å²) in [5.41, 5.74) is 0. The van der Waals surface area contributed by atoms with Gasteiger partial charge in [0.15, 0.2) is 0 Å². The summed E-state index contributed by atoms with van der Waals surface area (Å²) in [5.74, 6) is 0.474. The second-order valence-electron chi connectivity index (χ2n) is 3.78. The van der Waals surface area contributed by atoms with Crippen LogP contribution < -0.4 is 4.74 Å². The molecule has 3 nitrogen and oxygen atoms in total. The second kappa shape index (κ2) is 5.53. The largest absolute Gasteiger partial charge is 0.497 e. The Hall–Kier alpha value is -1.04. The van der Waals surface area contributed by atoms with Crippen LogP contribution in [-0.4, -0.2) is 15.5 Å². The van der Waals surface area contributed by atoms with Gasteiger partial charge in [-0.15, -0.1) is 0 Å². The van der Waals surface area contributed by atoms with E-state index in [1.165, 1.54) is 31.4 Å². The number of sulfone groups is 1. The van der Waals surface area contributed by atoms with Crippen LogP contribution >= 0.6 is 27.5 Å². The fraction of sp³-hybridized carbons (Fsp3) is 0.0769. The smallest absolute Gasteiger partial charge is 0.206 e. The number of hydrogen-bond acceptors (Lipinski definition) is 3. The molecule has 2 aromatic rings. The topological polar surface area (TPSA) is 43.4 Å². The van der Waals surface area contributed by atoms with Crippen LogP contribution in [0, 0.1) is 0 Å². The van der Waals surface area contributed by atoms with Gasteiger partial charge in [0.05, 0.1) is 16.9 Å². The third-order valence-electron chi connectivity index (χ3n) is 2.51. The van der Waals surface area contributed by atoms with Gasteiger partial charge in [0.2, 0.25) is 9.84 Å². The Bertz CT molecular complexity index is 696. The molecule has 2 rings (SSSR count). The molecule has 0 aliphatic carbocycles. The minimum atomic E-state index is -3.58. The van der Waals surface area contributed by atoms with Gasteiger partial charge in [-0.3, -0.25) is 0 Å². The third kappa shape index (κ3) is 3.11. The second-order valence-corrected chi connectivity index (χ2v) is 7.09. The minimum absolute atomic E-state index is 0.168. The average Bonchev–Trinajstić information content (AvgIpc) is 2.38. The Morgan fingerprint density at radius 1 is 1.05 bits per heavy atom. The lowest BCUT2D eigenvalue weighted by atomic mass is 10.3. The average molecular weight is 362 g/mol. The maximum Gasteiger partial charge on any atom is 0.206 e. The van der Waals surface area contributed by atoms with Crippen LogP contribution in [0.4, 0.5) is 0 Å². The van der Waals surface area contributed by atoms with Crippen molar-refractivity contribution in [1.29, 1.82) is 0 Å². The van der Waals surface area contributed by atoms with Crippen molar-refractivity contribution < 1.29 is 13.2 Å². The minimum Gasteiger partial charge on any atom is -0.497 e. The molecule has 0 spiro atoms. The van der Waals surface area contributed by atoms with E-state index in [4.69, 9.17) is 16.3 Å². The first-order chi connectivity index (χ1) is 8.93. The van der Waals surface area contributed by atoms with Gasteiger partial charge in [-0.05, 0) is 42.5 Å². The van der Waals surface area contributed by atoms with Crippen molar-refractivity contribution >= 4 is 37.4 Å². The fourth-order valence-corrected chi connectivity index (χ4v) is 3.63. The van der Waals surface area contributed by atoms with Crippen LogP contribution in [0.3, 0.4) is 0 Å². The van der Waals surface area contributed by atoms with Gasteiger partial charge in [0, 0.05) is 9.50 Å². The quantitative estimate of drug-likeness (QED) is 0.831. The monoisotopic (exact) mass is 360 g/mol. The van der Waals surface area contributed by atoms with Gasteiger partial charge in [0.25, 0.3) is 0 Å². The molecular weight excluding hydrogens is 352 g/mol. The molecule has 0 saturated carbocycles. The number of benzene rings is 2. The summed E-state index contributed by atoms with van der Waals surface area (Å²) >= 11 is 9.02. The summed E-state index contributed by atoms with van der Waals surface area (Å²) in [6.45, 7) is 0. The van der Waals surface area contributed by atoms with Gasteiger partial charge >= 0.3 is 0 Å². The standard InChI is InChI=1S/C13H10BrClO3S/c1-18-11-6-9(14)7-13(8-11)19(16,17)12-4-2-10(15)3-5-12/h2-8H,1H3. The molecule has 0 aromatic heterocycles. The molecule has 0 fully saturated rings. The Kier molecular flexibility index (Phi) is 4.18. The molecule has 6 heteroatoms. The zero-order valence-electron chi connectivity index (χ0n) is 9.93. The highest BCUT2D eigenvalue weighted by Gasteiger charge is 2.19. The van der Waals surface area contributed by atoms with E-state index in [1.807, 2.05) is 0 Å². The van der Waals surface area contributed by atoms with Gasteiger partial charge in [-0.25, -0.2) is 8.42 Å². The number of ether oxygens (including phenoxy) is 1. The molecule has 0 bridgehead atoms. The number of halogens is 2. The van der Waals surface area contributed by atoms with E-state index in [1.54, 1.807) is 18.2 Å². The van der Waals surface area contributed by atoms with Crippen LogP contribution in [-0.2, 0) is 9.84 Å². The molecule has 19 heavy (non-hydrogen) atoms. The van der Waals surface area contributed by atoms with Crippen molar-refractivity contribution in [3.63, 3.8) is 0 Å². The Labute approximate surface area is 125 Å². The maximum atomic E-state index is 12.4. The van der Waals surface area contributed by atoms with Crippen LogP contribution in [0.5, 0.6) is 5.75 Å². The highest BCUT2D eigenvalue weighted by atomic mass is 79.9. The third-order valence-corrected chi connectivity index (χ3v) is 4.97. The zero-order valence-corrected chi connectivity index (χ0v) is 13.1. The first-order valence-electron chi connectivity index (χ1n) is 5.29. The van der Waals surface area contributed by atoms with Crippen molar-refractivity contribution in [2.45, 2.75) is 9.79 Å². The van der Waals surface area contributed by atoms with Gasteiger partial charge in [0.1, 0.15) is 5.75 Å². The lowest BCUT2D eigenvalue weighted by Gasteiger charge is -2.08. The highest BCUT2D eigenvalue weighted by molar-refractivity contribution is 9.10. The van der Waals surface area contributed by atoms with Gasteiger partial charge < -0.3 is 4.74 Å². The van der Waals surface area contributed by atoms with Gasteiger partial charge in [-0.1, -0.05) is 27.5 Å². The molecule has 2 aromatic carbocycles. The molecule has 0 atom stereocenters. The van der Waals surface area contributed by atoms with Crippen LogP contribution in [0.2, 0.25) is 5.02 Å². The summed E-state index contributed by atoms with van der Waals surface area (Å²) in [4.78, 5) is 0.359. The van der Waals surface area contributed by atoms with E-state index >= 15 is 0 Å². The van der Waals surface area contributed by atoms with Crippen molar-refractivity contribution in [2.75, 3.05) is 7.11 Å². The van der Waals surface area contributed by atoms with Crippen molar-refractivity contribution in [3.8, 4) is 5.75 Å². The Balaban J connectivity index is 2.56. The predicted molar refractivity (Wildman–Crippen MR) is 77.6 cm³/mol. The first kappa shape index (κ1) is 14.4.